The van der Waals surface area contributed by atoms with E-state index in [1.807, 2.05) is 0 Å². The van der Waals surface area contributed by atoms with Gasteiger partial charge in [0.25, 0.3) is 0 Å². The molecule has 1 N–H and O–H groups in total. The maximum Gasteiger partial charge on any atom is 0.128 e. The minimum atomic E-state index is -0.848. The van der Waals surface area contributed by atoms with E-state index >= 15 is 0 Å². The first-order valence-electron chi connectivity index (χ1n) is 5.10. The summed E-state index contributed by atoms with van der Waals surface area (Å²) in [7, 11) is 1.77. The lowest BCUT2D eigenvalue weighted by molar-refractivity contribution is 0.0886. The number of likely N-dealkylation sites (N-methyl/N-ethyl adjacent to an activating group) is 1. The molecule has 4 heteroatoms. The van der Waals surface area contributed by atoms with Crippen LogP contribution in [0.15, 0.2) is 12.1 Å². The zero-order valence-corrected chi connectivity index (χ0v) is 10.8. The smallest absolute Gasteiger partial charge is 0.128 e. The van der Waals surface area contributed by atoms with Gasteiger partial charge in [-0.25, -0.2) is 4.39 Å². The molecular formula is C12H17ClFNO. The Morgan fingerprint density at radius 3 is 2.50 bits per heavy atom. The van der Waals surface area contributed by atoms with Gasteiger partial charge in [0.1, 0.15) is 5.82 Å². The van der Waals surface area contributed by atoms with E-state index in [9.17, 15) is 9.50 Å². The lowest BCUT2D eigenvalue weighted by atomic mass is 10.1. The van der Waals surface area contributed by atoms with Crippen LogP contribution < -0.4 is 4.90 Å². The zero-order valence-electron chi connectivity index (χ0n) is 10.0. The van der Waals surface area contributed by atoms with Crippen molar-refractivity contribution in [2.24, 2.45) is 0 Å². The van der Waals surface area contributed by atoms with Crippen LogP contribution in [0.2, 0.25) is 5.02 Å². The number of aryl methyl sites for hydroxylation is 1. The Labute approximate surface area is 101 Å². The molecule has 0 unspecified atom stereocenters. The first kappa shape index (κ1) is 13.3. The first-order valence-corrected chi connectivity index (χ1v) is 5.47. The van der Waals surface area contributed by atoms with Gasteiger partial charge in [-0.3, -0.25) is 0 Å². The van der Waals surface area contributed by atoms with E-state index in [4.69, 9.17) is 11.6 Å². The van der Waals surface area contributed by atoms with E-state index in [1.54, 1.807) is 38.8 Å². The number of rotatable bonds is 3. The highest BCUT2D eigenvalue weighted by molar-refractivity contribution is 6.33. The van der Waals surface area contributed by atoms with Gasteiger partial charge in [-0.1, -0.05) is 11.6 Å². The zero-order chi connectivity index (χ0) is 12.5. The number of halogens is 2. The highest BCUT2D eigenvalue weighted by atomic mass is 35.5. The van der Waals surface area contributed by atoms with Crippen molar-refractivity contribution < 1.29 is 9.50 Å². The van der Waals surface area contributed by atoms with E-state index < -0.39 is 5.60 Å². The fraction of sp³-hybridized carbons (Fsp3) is 0.500. The van der Waals surface area contributed by atoms with Crippen LogP contribution in [0.4, 0.5) is 10.1 Å². The molecule has 0 aliphatic carbocycles. The summed E-state index contributed by atoms with van der Waals surface area (Å²) < 4.78 is 13.4. The number of anilines is 1. The van der Waals surface area contributed by atoms with Gasteiger partial charge in [0.15, 0.2) is 0 Å². The summed E-state index contributed by atoms with van der Waals surface area (Å²) >= 11 is 6.04. The lowest BCUT2D eigenvalue weighted by Gasteiger charge is -2.28. The van der Waals surface area contributed by atoms with Crippen LogP contribution in [-0.2, 0) is 0 Å². The van der Waals surface area contributed by atoms with Crippen molar-refractivity contribution in [3.63, 3.8) is 0 Å². The van der Waals surface area contributed by atoms with Crippen molar-refractivity contribution >= 4 is 17.3 Å². The molecule has 1 aromatic rings. The van der Waals surface area contributed by atoms with Gasteiger partial charge in [-0.2, -0.15) is 0 Å². The maximum absolute atomic E-state index is 13.4. The predicted octanol–water partition coefficient (Wildman–Crippen LogP) is 2.99. The summed E-state index contributed by atoms with van der Waals surface area (Å²) in [5.74, 6) is -0.290. The molecule has 90 valence electrons. The van der Waals surface area contributed by atoms with E-state index in [0.717, 1.165) is 0 Å². The first-order chi connectivity index (χ1) is 7.20. The fourth-order valence-electron chi connectivity index (χ4n) is 1.59. The van der Waals surface area contributed by atoms with Gasteiger partial charge in [0.05, 0.1) is 16.3 Å². The Balaban J connectivity index is 3.00. The Kier molecular flexibility index (Phi) is 3.81. The van der Waals surface area contributed by atoms with Gasteiger partial charge in [0.2, 0.25) is 0 Å². The van der Waals surface area contributed by atoms with Crippen LogP contribution in [0.5, 0.6) is 0 Å². The van der Waals surface area contributed by atoms with Crippen LogP contribution in [0, 0.1) is 12.7 Å². The van der Waals surface area contributed by atoms with Gasteiger partial charge < -0.3 is 10.0 Å². The van der Waals surface area contributed by atoms with E-state index in [0.29, 0.717) is 22.8 Å². The molecule has 0 radical (unpaired) electrons. The van der Waals surface area contributed by atoms with Crippen molar-refractivity contribution in [2.75, 3.05) is 18.5 Å². The average molecular weight is 246 g/mol. The molecule has 1 aromatic carbocycles. The Bertz CT molecular complexity index is 387. The molecule has 0 atom stereocenters. The standard InChI is InChI=1S/C12H17ClFNO/c1-8-5-9(13)11(6-10(8)14)15(4)7-12(2,3)16/h5-6,16H,7H2,1-4H3. The summed E-state index contributed by atoms with van der Waals surface area (Å²) in [6, 6.07) is 2.98. The molecule has 0 saturated heterocycles. The average Bonchev–Trinajstić information content (AvgIpc) is 2.08. The second-order valence-electron chi connectivity index (χ2n) is 4.72. The number of hydrogen-bond donors (Lipinski definition) is 1. The molecule has 0 saturated carbocycles. The summed E-state index contributed by atoms with van der Waals surface area (Å²) in [4.78, 5) is 1.74. The normalized spacial score (nSPS) is 11.7. The molecular weight excluding hydrogens is 229 g/mol. The van der Waals surface area contributed by atoms with Crippen molar-refractivity contribution in [1.82, 2.24) is 0 Å². The fourth-order valence-corrected chi connectivity index (χ4v) is 1.96. The number of aliphatic hydroxyl groups is 1. The van der Waals surface area contributed by atoms with Crippen LogP contribution in [-0.4, -0.2) is 24.3 Å². The van der Waals surface area contributed by atoms with Crippen molar-refractivity contribution in [3.05, 3.63) is 28.5 Å². The minimum absolute atomic E-state index is 0.290. The molecule has 0 spiro atoms. The molecule has 2 nitrogen and oxygen atoms in total. The largest absolute Gasteiger partial charge is 0.389 e. The third-order valence-electron chi connectivity index (χ3n) is 2.26. The SMILES string of the molecule is Cc1cc(Cl)c(N(C)CC(C)(C)O)cc1F. The van der Waals surface area contributed by atoms with Gasteiger partial charge in [-0.05, 0) is 38.5 Å². The molecule has 0 heterocycles. The molecule has 0 aliphatic heterocycles. The predicted molar refractivity (Wildman–Crippen MR) is 65.7 cm³/mol. The third-order valence-corrected chi connectivity index (χ3v) is 2.57. The molecule has 16 heavy (non-hydrogen) atoms. The van der Waals surface area contributed by atoms with E-state index in [2.05, 4.69) is 0 Å². The van der Waals surface area contributed by atoms with Crippen LogP contribution in [0.25, 0.3) is 0 Å². The molecule has 0 aromatic heterocycles. The second kappa shape index (κ2) is 4.60. The number of benzene rings is 1. The van der Waals surface area contributed by atoms with Crippen LogP contribution in [0.1, 0.15) is 19.4 Å². The van der Waals surface area contributed by atoms with Gasteiger partial charge >= 0.3 is 0 Å². The van der Waals surface area contributed by atoms with Gasteiger partial charge in [-0.15, -0.1) is 0 Å². The van der Waals surface area contributed by atoms with E-state index in [1.165, 1.54) is 6.07 Å². The number of nitrogens with zero attached hydrogens (tertiary/aromatic N) is 1. The summed E-state index contributed by atoms with van der Waals surface area (Å²) in [5, 5.41) is 10.2. The monoisotopic (exact) mass is 245 g/mol. The van der Waals surface area contributed by atoms with Crippen molar-refractivity contribution in [2.45, 2.75) is 26.4 Å². The molecule has 0 aliphatic rings. The Hall–Kier alpha value is -0.800. The van der Waals surface area contributed by atoms with Gasteiger partial charge in [0, 0.05) is 13.6 Å². The maximum atomic E-state index is 13.4. The molecule has 0 fully saturated rings. The Morgan fingerprint density at radius 2 is 2.00 bits per heavy atom. The third kappa shape index (κ3) is 3.35. The summed E-state index contributed by atoms with van der Waals surface area (Å²) in [6.07, 6.45) is 0. The molecule has 1 rings (SSSR count). The quantitative estimate of drug-likeness (QED) is 0.885. The Morgan fingerprint density at radius 1 is 1.44 bits per heavy atom. The topological polar surface area (TPSA) is 23.5 Å². The molecule has 0 bridgehead atoms. The second-order valence-corrected chi connectivity index (χ2v) is 5.13. The number of hydrogen-bond acceptors (Lipinski definition) is 2. The highest BCUT2D eigenvalue weighted by Gasteiger charge is 2.18. The lowest BCUT2D eigenvalue weighted by Crippen LogP contribution is -2.36. The highest BCUT2D eigenvalue weighted by Crippen LogP contribution is 2.28. The minimum Gasteiger partial charge on any atom is -0.389 e. The van der Waals surface area contributed by atoms with Crippen molar-refractivity contribution in [3.8, 4) is 0 Å². The van der Waals surface area contributed by atoms with Crippen LogP contribution in [0.3, 0.4) is 0 Å². The molecule has 0 amide bonds. The summed E-state index contributed by atoms with van der Waals surface area (Å²) in [6.45, 7) is 5.44. The summed E-state index contributed by atoms with van der Waals surface area (Å²) in [5.41, 5.74) is 0.261. The van der Waals surface area contributed by atoms with E-state index in [-0.39, 0.29) is 5.82 Å². The van der Waals surface area contributed by atoms with Crippen LogP contribution >= 0.6 is 11.6 Å². The van der Waals surface area contributed by atoms with Crippen molar-refractivity contribution in [1.29, 1.82) is 0 Å².